The highest BCUT2D eigenvalue weighted by Gasteiger charge is 2.20. The van der Waals surface area contributed by atoms with E-state index in [1.165, 1.54) is 225 Å². The van der Waals surface area contributed by atoms with Crippen LogP contribution in [-0.2, 0) is 14.3 Å². The largest absolute Gasteiger partial charge is 0.466 e. The van der Waals surface area contributed by atoms with E-state index < -0.39 is 12.1 Å². The lowest BCUT2D eigenvalue weighted by Gasteiger charge is -2.22. The summed E-state index contributed by atoms with van der Waals surface area (Å²) in [5.74, 6) is -0.0428. The lowest BCUT2D eigenvalue weighted by atomic mass is 10.0. The van der Waals surface area contributed by atoms with Crippen molar-refractivity contribution in [3.8, 4) is 0 Å². The number of hydrogen-bond acceptors (Lipinski definition) is 5. The van der Waals surface area contributed by atoms with Crippen LogP contribution in [0.3, 0.4) is 0 Å². The van der Waals surface area contributed by atoms with Gasteiger partial charge in [-0.2, -0.15) is 0 Å². The molecule has 62 heavy (non-hydrogen) atoms. The van der Waals surface area contributed by atoms with Gasteiger partial charge in [0, 0.05) is 12.8 Å². The van der Waals surface area contributed by atoms with E-state index >= 15 is 0 Å². The molecule has 0 saturated carbocycles. The van der Waals surface area contributed by atoms with E-state index in [2.05, 4.69) is 31.3 Å². The minimum atomic E-state index is -0.670. The Labute approximate surface area is 387 Å². The van der Waals surface area contributed by atoms with Crippen LogP contribution in [0.2, 0.25) is 0 Å². The van der Waals surface area contributed by atoms with Crippen LogP contribution in [0.25, 0.3) is 0 Å². The van der Waals surface area contributed by atoms with Crippen LogP contribution in [-0.4, -0.2) is 47.4 Å². The number of carbonyl (C=O) groups excluding carboxylic acids is 2. The number of esters is 1. The molecule has 2 unspecified atom stereocenters. The summed E-state index contributed by atoms with van der Waals surface area (Å²) < 4.78 is 5.48. The van der Waals surface area contributed by atoms with Crippen molar-refractivity contribution in [3.05, 3.63) is 12.2 Å². The van der Waals surface area contributed by atoms with Gasteiger partial charge in [-0.15, -0.1) is 0 Å². The van der Waals surface area contributed by atoms with E-state index in [0.717, 1.165) is 51.4 Å². The van der Waals surface area contributed by atoms with Gasteiger partial charge in [0.05, 0.1) is 25.4 Å². The van der Waals surface area contributed by atoms with E-state index in [0.29, 0.717) is 25.9 Å². The molecule has 0 aliphatic carbocycles. The van der Waals surface area contributed by atoms with Gasteiger partial charge in [-0.1, -0.05) is 257 Å². The maximum atomic E-state index is 12.4. The molecule has 0 aromatic carbocycles. The van der Waals surface area contributed by atoms with Gasteiger partial charge in [-0.25, -0.2) is 0 Å². The van der Waals surface area contributed by atoms with Crippen molar-refractivity contribution < 1.29 is 24.5 Å². The molecule has 0 saturated heterocycles. The fourth-order valence-electron chi connectivity index (χ4n) is 8.75. The van der Waals surface area contributed by atoms with E-state index in [9.17, 15) is 19.8 Å². The lowest BCUT2D eigenvalue weighted by molar-refractivity contribution is -0.143. The highest BCUT2D eigenvalue weighted by molar-refractivity contribution is 5.76. The molecule has 0 aromatic heterocycles. The number of aliphatic hydroxyl groups is 2. The third-order valence-electron chi connectivity index (χ3n) is 13.1. The second-order valence-electron chi connectivity index (χ2n) is 19.3. The summed E-state index contributed by atoms with van der Waals surface area (Å²) in [4.78, 5) is 24.5. The first kappa shape index (κ1) is 60.6. The summed E-state index contributed by atoms with van der Waals surface area (Å²) in [7, 11) is 0. The Morgan fingerprint density at radius 1 is 0.435 bits per heavy atom. The fraction of sp³-hybridized carbons (Fsp3) is 0.929. The van der Waals surface area contributed by atoms with Crippen LogP contribution in [0.15, 0.2) is 12.2 Å². The summed E-state index contributed by atoms with van der Waals surface area (Å²) in [6.45, 7) is 4.94. The number of unbranched alkanes of at least 4 members (excludes halogenated alkanes) is 39. The zero-order chi connectivity index (χ0) is 45.1. The number of carbonyl (C=O) groups is 2. The molecule has 0 aromatic rings. The fourth-order valence-corrected chi connectivity index (χ4v) is 8.75. The van der Waals surface area contributed by atoms with Crippen LogP contribution in [0.5, 0.6) is 0 Å². The molecule has 0 fully saturated rings. The molecule has 0 radical (unpaired) electrons. The average molecular weight is 876 g/mol. The third-order valence-corrected chi connectivity index (χ3v) is 13.1. The van der Waals surface area contributed by atoms with Crippen molar-refractivity contribution in [2.24, 2.45) is 0 Å². The maximum Gasteiger partial charge on any atom is 0.305 e. The molecule has 0 aliphatic rings. The molecule has 0 aliphatic heterocycles. The van der Waals surface area contributed by atoms with Gasteiger partial charge in [0.1, 0.15) is 0 Å². The first-order chi connectivity index (χ1) is 30.5. The summed E-state index contributed by atoms with van der Waals surface area (Å²) in [6.07, 6.45) is 60.6. The quantitative estimate of drug-likeness (QED) is 0.0321. The summed E-state index contributed by atoms with van der Waals surface area (Å²) in [6, 6.07) is -0.549. The Balaban J connectivity index is 3.41. The van der Waals surface area contributed by atoms with E-state index in [4.69, 9.17) is 4.74 Å². The maximum absolute atomic E-state index is 12.4. The third kappa shape index (κ3) is 48.1. The number of rotatable bonds is 52. The molecule has 1 amide bonds. The number of nitrogens with one attached hydrogen (secondary N) is 1. The summed E-state index contributed by atoms with van der Waals surface area (Å²) >= 11 is 0. The summed E-state index contributed by atoms with van der Waals surface area (Å²) in [5, 5.41) is 23.1. The molecule has 368 valence electrons. The second-order valence-corrected chi connectivity index (χ2v) is 19.3. The normalized spacial score (nSPS) is 12.6. The van der Waals surface area contributed by atoms with Gasteiger partial charge in [0.2, 0.25) is 5.91 Å². The van der Waals surface area contributed by atoms with E-state index in [1.54, 1.807) is 0 Å². The highest BCUT2D eigenvalue weighted by atomic mass is 16.5. The molecule has 0 rings (SSSR count). The van der Waals surface area contributed by atoms with Gasteiger partial charge in [-0.05, 0) is 51.4 Å². The Kier molecular flexibility index (Phi) is 51.0. The van der Waals surface area contributed by atoms with Crippen LogP contribution in [0.4, 0.5) is 0 Å². The monoisotopic (exact) mass is 876 g/mol. The molecule has 3 N–H and O–H groups in total. The van der Waals surface area contributed by atoms with E-state index in [1.807, 2.05) is 0 Å². The number of amides is 1. The standard InChI is InChI=1S/C56H109NO5/c1-3-5-7-9-11-13-15-16-17-23-26-30-34-38-42-46-50-56(61)62-51-47-43-39-35-31-27-24-21-19-18-20-22-25-29-33-37-41-45-49-55(60)57-53(52-58)54(59)48-44-40-36-32-28-14-12-10-8-6-4-2/h20,22,53-54,58-59H,3-19,21,23-52H2,1-2H3,(H,57,60)/b22-20-. The molecule has 0 heterocycles. The number of ether oxygens (including phenoxy) is 1. The van der Waals surface area contributed by atoms with Crippen LogP contribution in [0, 0.1) is 0 Å². The van der Waals surface area contributed by atoms with E-state index in [-0.39, 0.29) is 18.5 Å². The Morgan fingerprint density at radius 3 is 1.15 bits per heavy atom. The summed E-state index contributed by atoms with van der Waals surface area (Å²) in [5.41, 5.74) is 0. The predicted molar refractivity (Wildman–Crippen MR) is 269 cm³/mol. The molecule has 0 bridgehead atoms. The lowest BCUT2D eigenvalue weighted by Crippen LogP contribution is -2.45. The molecule has 6 heteroatoms. The van der Waals surface area contributed by atoms with Gasteiger partial charge in [0.15, 0.2) is 0 Å². The second kappa shape index (κ2) is 52.2. The average Bonchev–Trinajstić information content (AvgIpc) is 3.27. The van der Waals surface area contributed by atoms with Crippen molar-refractivity contribution in [1.29, 1.82) is 0 Å². The first-order valence-electron chi connectivity index (χ1n) is 27.9. The topological polar surface area (TPSA) is 95.9 Å². The first-order valence-corrected chi connectivity index (χ1v) is 27.9. The molecular formula is C56H109NO5. The van der Waals surface area contributed by atoms with Gasteiger partial charge in [-0.3, -0.25) is 9.59 Å². The smallest absolute Gasteiger partial charge is 0.305 e. The van der Waals surface area contributed by atoms with Crippen molar-refractivity contribution in [1.82, 2.24) is 5.32 Å². The number of allylic oxidation sites excluding steroid dienone is 2. The molecule has 6 nitrogen and oxygen atoms in total. The van der Waals surface area contributed by atoms with Gasteiger partial charge in [0.25, 0.3) is 0 Å². The Bertz CT molecular complexity index is 924. The number of aliphatic hydroxyl groups excluding tert-OH is 2. The minimum Gasteiger partial charge on any atom is -0.466 e. The van der Waals surface area contributed by atoms with Crippen LogP contribution >= 0.6 is 0 Å². The predicted octanol–water partition coefficient (Wildman–Crippen LogP) is 16.9. The zero-order valence-corrected chi connectivity index (χ0v) is 41.9. The van der Waals surface area contributed by atoms with Crippen LogP contribution in [0.1, 0.15) is 309 Å². The molecular weight excluding hydrogens is 767 g/mol. The SMILES string of the molecule is CCCCCCCCCCCCCCCCCCC(=O)OCCCCCCCCCCC/C=C\CCCCCCCC(=O)NC(CO)C(O)CCCCCCCCCCCCC. The van der Waals surface area contributed by atoms with Crippen molar-refractivity contribution >= 4 is 11.9 Å². The van der Waals surface area contributed by atoms with Crippen LogP contribution < -0.4 is 5.32 Å². The Hall–Kier alpha value is -1.40. The Morgan fingerprint density at radius 2 is 0.758 bits per heavy atom. The van der Waals surface area contributed by atoms with Gasteiger partial charge >= 0.3 is 5.97 Å². The molecule has 0 spiro atoms. The molecule has 2 atom stereocenters. The highest BCUT2D eigenvalue weighted by Crippen LogP contribution is 2.17. The van der Waals surface area contributed by atoms with Crippen molar-refractivity contribution in [2.75, 3.05) is 13.2 Å². The minimum absolute atomic E-state index is 0.00662. The van der Waals surface area contributed by atoms with Crippen molar-refractivity contribution in [3.63, 3.8) is 0 Å². The van der Waals surface area contributed by atoms with Gasteiger partial charge < -0.3 is 20.3 Å². The van der Waals surface area contributed by atoms with Crippen molar-refractivity contribution in [2.45, 2.75) is 321 Å². The number of hydrogen-bond donors (Lipinski definition) is 3. The zero-order valence-electron chi connectivity index (χ0n) is 41.9.